The van der Waals surface area contributed by atoms with Gasteiger partial charge in [-0.3, -0.25) is 4.90 Å². The Bertz CT molecular complexity index is 238. The lowest BCUT2D eigenvalue weighted by Gasteiger charge is -2.41. The third kappa shape index (κ3) is 2.62. The van der Waals surface area contributed by atoms with Gasteiger partial charge in [-0.05, 0) is 19.8 Å². The molecule has 0 amide bonds. The van der Waals surface area contributed by atoms with Crippen LogP contribution in [0.25, 0.3) is 0 Å². The van der Waals surface area contributed by atoms with Gasteiger partial charge in [-0.2, -0.15) is 0 Å². The average Bonchev–Trinajstić information content (AvgIpc) is 2.33. The van der Waals surface area contributed by atoms with Crippen molar-refractivity contribution in [2.45, 2.75) is 25.8 Å². The van der Waals surface area contributed by atoms with Crippen molar-refractivity contribution < 1.29 is 14.3 Å². The molecule has 92 valence electrons. The number of rotatable bonds is 3. The molecular weight excluding hydrogens is 206 g/mol. The van der Waals surface area contributed by atoms with E-state index >= 15 is 0 Å². The molecule has 0 aliphatic carbocycles. The summed E-state index contributed by atoms with van der Waals surface area (Å²) in [6.45, 7) is 6.84. The molecule has 2 atom stereocenters. The highest BCUT2D eigenvalue weighted by Gasteiger charge is 2.36. The van der Waals surface area contributed by atoms with Gasteiger partial charge in [-0.25, -0.2) is 0 Å². The molecule has 2 fully saturated rings. The molecular formula is C12H21NO3. The van der Waals surface area contributed by atoms with Crippen molar-refractivity contribution in [2.75, 3.05) is 39.5 Å². The van der Waals surface area contributed by atoms with Gasteiger partial charge in [0.2, 0.25) is 0 Å². The second kappa shape index (κ2) is 5.25. The van der Waals surface area contributed by atoms with Crippen LogP contribution >= 0.6 is 0 Å². The number of aldehydes is 1. The van der Waals surface area contributed by atoms with E-state index in [-0.39, 0.29) is 5.41 Å². The summed E-state index contributed by atoms with van der Waals surface area (Å²) in [4.78, 5) is 13.7. The number of hydrogen-bond donors (Lipinski definition) is 0. The highest BCUT2D eigenvalue weighted by Crippen LogP contribution is 2.28. The van der Waals surface area contributed by atoms with E-state index in [4.69, 9.17) is 9.47 Å². The maximum Gasteiger partial charge on any atom is 0.129 e. The van der Waals surface area contributed by atoms with Crippen LogP contribution in [0, 0.1) is 5.41 Å². The second-order valence-corrected chi connectivity index (χ2v) is 5.03. The summed E-state index contributed by atoms with van der Waals surface area (Å²) in [5, 5.41) is 0. The monoisotopic (exact) mass is 227 g/mol. The summed E-state index contributed by atoms with van der Waals surface area (Å²) in [5.74, 6) is 0. The zero-order valence-electron chi connectivity index (χ0n) is 9.98. The summed E-state index contributed by atoms with van der Waals surface area (Å²) in [6.07, 6.45) is 3.06. The maximum atomic E-state index is 11.3. The zero-order valence-corrected chi connectivity index (χ0v) is 9.98. The molecule has 4 heteroatoms. The molecule has 2 saturated heterocycles. The molecule has 0 spiro atoms. The molecule has 0 aromatic carbocycles. The maximum absolute atomic E-state index is 11.3. The fourth-order valence-electron chi connectivity index (χ4n) is 2.53. The molecule has 0 saturated carbocycles. The van der Waals surface area contributed by atoms with Crippen LogP contribution in [-0.2, 0) is 14.3 Å². The Balaban J connectivity index is 1.96. The van der Waals surface area contributed by atoms with Crippen LogP contribution in [0.15, 0.2) is 0 Å². The van der Waals surface area contributed by atoms with Crippen LogP contribution in [0.4, 0.5) is 0 Å². The number of hydrogen-bond acceptors (Lipinski definition) is 4. The predicted octanol–water partition coefficient (Wildman–Crippen LogP) is 0.703. The lowest BCUT2D eigenvalue weighted by molar-refractivity contribution is -0.128. The Morgan fingerprint density at radius 2 is 2.31 bits per heavy atom. The molecule has 2 heterocycles. The van der Waals surface area contributed by atoms with Crippen LogP contribution in [0.2, 0.25) is 0 Å². The summed E-state index contributed by atoms with van der Waals surface area (Å²) in [5.41, 5.74) is -0.274. The van der Waals surface area contributed by atoms with Gasteiger partial charge in [-0.15, -0.1) is 0 Å². The van der Waals surface area contributed by atoms with Crippen molar-refractivity contribution in [3.63, 3.8) is 0 Å². The van der Waals surface area contributed by atoms with E-state index in [9.17, 15) is 4.79 Å². The Labute approximate surface area is 96.9 Å². The molecule has 2 aliphatic rings. The van der Waals surface area contributed by atoms with Crippen molar-refractivity contribution in [1.29, 1.82) is 0 Å². The molecule has 0 radical (unpaired) electrons. The third-order valence-electron chi connectivity index (χ3n) is 3.63. The van der Waals surface area contributed by atoms with Crippen molar-refractivity contribution >= 4 is 6.29 Å². The lowest BCUT2D eigenvalue weighted by Crippen LogP contribution is -2.51. The minimum absolute atomic E-state index is 0.274. The van der Waals surface area contributed by atoms with Crippen LogP contribution in [0.3, 0.4) is 0 Å². The number of nitrogens with zero attached hydrogens (tertiary/aromatic N) is 1. The second-order valence-electron chi connectivity index (χ2n) is 5.03. The molecule has 0 N–H and O–H groups in total. The predicted molar refractivity (Wildman–Crippen MR) is 60.4 cm³/mol. The van der Waals surface area contributed by atoms with Crippen LogP contribution in [0.5, 0.6) is 0 Å². The summed E-state index contributed by atoms with van der Waals surface area (Å²) in [7, 11) is 0. The molecule has 0 aromatic rings. The number of carbonyl (C=O) groups excluding carboxylic acids is 1. The summed E-state index contributed by atoms with van der Waals surface area (Å²) < 4.78 is 10.9. The van der Waals surface area contributed by atoms with Crippen molar-refractivity contribution in [3.8, 4) is 0 Å². The van der Waals surface area contributed by atoms with E-state index in [1.165, 1.54) is 0 Å². The zero-order chi connectivity index (χ0) is 11.4. The molecule has 16 heavy (non-hydrogen) atoms. The Kier molecular flexibility index (Phi) is 3.95. The molecule has 0 aromatic heterocycles. The standard InChI is InChI=1S/C12H21NO3/c1-11-7-15-6-4-13(11)8-12(9-14)3-2-5-16-10-12/h9,11H,2-8,10H2,1H3. The highest BCUT2D eigenvalue weighted by molar-refractivity contribution is 5.60. The van der Waals surface area contributed by atoms with E-state index in [1.807, 2.05) is 0 Å². The first-order chi connectivity index (χ1) is 7.76. The van der Waals surface area contributed by atoms with Crippen molar-refractivity contribution in [2.24, 2.45) is 5.41 Å². The quantitative estimate of drug-likeness (QED) is 0.665. The Hall–Kier alpha value is -0.450. The van der Waals surface area contributed by atoms with Crippen LogP contribution < -0.4 is 0 Å². The van der Waals surface area contributed by atoms with Crippen molar-refractivity contribution in [1.82, 2.24) is 4.90 Å². The molecule has 0 bridgehead atoms. The van der Waals surface area contributed by atoms with Crippen LogP contribution in [-0.4, -0.2) is 56.7 Å². The van der Waals surface area contributed by atoms with E-state index in [0.717, 1.165) is 52.0 Å². The van der Waals surface area contributed by atoms with E-state index in [1.54, 1.807) is 0 Å². The normalized spacial score (nSPS) is 37.2. The first-order valence-electron chi connectivity index (χ1n) is 6.12. The van der Waals surface area contributed by atoms with E-state index in [0.29, 0.717) is 12.6 Å². The topological polar surface area (TPSA) is 38.8 Å². The fourth-order valence-corrected chi connectivity index (χ4v) is 2.53. The molecule has 2 unspecified atom stereocenters. The Morgan fingerprint density at radius 1 is 1.44 bits per heavy atom. The minimum atomic E-state index is -0.274. The summed E-state index contributed by atoms with van der Waals surface area (Å²) >= 11 is 0. The van der Waals surface area contributed by atoms with Crippen molar-refractivity contribution in [3.05, 3.63) is 0 Å². The Morgan fingerprint density at radius 3 is 2.94 bits per heavy atom. The smallest absolute Gasteiger partial charge is 0.129 e. The van der Waals surface area contributed by atoms with Gasteiger partial charge in [0.25, 0.3) is 0 Å². The lowest BCUT2D eigenvalue weighted by atomic mass is 9.83. The number of morpholine rings is 1. The van der Waals surface area contributed by atoms with Gasteiger partial charge in [0.1, 0.15) is 6.29 Å². The largest absolute Gasteiger partial charge is 0.380 e. The third-order valence-corrected chi connectivity index (χ3v) is 3.63. The number of ether oxygens (including phenoxy) is 2. The number of carbonyl (C=O) groups is 1. The minimum Gasteiger partial charge on any atom is -0.380 e. The summed E-state index contributed by atoms with van der Waals surface area (Å²) in [6, 6.07) is 0.410. The van der Waals surface area contributed by atoms with Gasteiger partial charge in [-0.1, -0.05) is 0 Å². The molecule has 2 rings (SSSR count). The van der Waals surface area contributed by atoms with Crippen LogP contribution in [0.1, 0.15) is 19.8 Å². The SMILES string of the molecule is CC1COCCN1CC1(C=O)CCCOC1. The molecule has 2 aliphatic heterocycles. The average molecular weight is 227 g/mol. The first-order valence-corrected chi connectivity index (χ1v) is 6.12. The fraction of sp³-hybridized carbons (Fsp3) is 0.917. The van der Waals surface area contributed by atoms with Gasteiger partial charge < -0.3 is 14.3 Å². The first kappa shape index (κ1) is 12.0. The highest BCUT2D eigenvalue weighted by atomic mass is 16.5. The van der Waals surface area contributed by atoms with Gasteiger partial charge in [0.15, 0.2) is 0 Å². The van der Waals surface area contributed by atoms with Gasteiger partial charge in [0, 0.05) is 25.7 Å². The van der Waals surface area contributed by atoms with Gasteiger partial charge >= 0.3 is 0 Å². The molecule has 4 nitrogen and oxygen atoms in total. The van der Waals surface area contributed by atoms with Gasteiger partial charge in [0.05, 0.1) is 25.2 Å². The van der Waals surface area contributed by atoms with E-state index < -0.39 is 0 Å². The van der Waals surface area contributed by atoms with E-state index in [2.05, 4.69) is 11.8 Å².